The van der Waals surface area contributed by atoms with Crippen LogP contribution in [0, 0.1) is 0 Å². The molecule has 0 amide bonds. The van der Waals surface area contributed by atoms with Crippen LogP contribution in [0.5, 0.6) is 0 Å². The highest BCUT2D eigenvalue weighted by Gasteiger charge is 2.36. The van der Waals surface area contributed by atoms with Gasteiger partial charge in [-0.2, -0.15) is 0 Å². The van der Waals surface area contributed by atoms with E-state index in [-0.39, 0.29) is 0 Å². The summed E-state index contributed by atoms with van der Waals surface area (Å²) in [7, 11) is 1.33. The second-order valence-corrected chi connectivity index (χ2v) is 7.15. The maximum Gasteiger partial charge on any atom is 0.549 e. The van der Waals surface area contributed by atoms with Crippen LogP contribution in [0.15, 0.2) is 0 Å². The Bertz CT molecular complexity index is 195. The van der Waals surface area contributed by atoms with Gasteiger partial charge in [0.2, 0.25) is 0 Å². The topological polar surface area (TPSA) is 61.8 Å². The first-order valence-corrected chi connectivity index (χ1v) is 9.05. The van der Waals surface area contributed by atoms with E-state index >= 15 is 0 Å². The van der Waals surface area contributed by atoms with Crippen molar-refractivity contribution in [2.75, 3.05) is 21.3 Å². The van der Waals surface area contributed by atoms with Gasteiger partial charge in [-0.05, 0) is 6.42 Å². The normalized spacial score (nSPS) is 10.4. The summed E-state index contributed by atoms with van der Waals surface area (Å²) >= 11 is 0. The smallest absolute Gasteiger partial charge is 0.377 e. The molecule has 0 aliphatic carbocycles. The number of unbranched alkanes of at least 4 members (excludes halogenated alkanes) is 5. The Kier molecular flexibility index (Phi) is 16.8. The molecule has 0 N–H and O–H groups in total. The van der Waals surface area contributed by atoms with Gasteiger partial charge in [-0.15, -0.1) is 0 Å². The van der Waals surface area contributed by atoms with E-state index in [1.54, 1.807) is 21.3 Å². The summed E-state index contributed by atoms with van der Waals surface area (Å²) in [6.45, 7) is 2.23. The molecule has 0 fully saturated rings. The molecule has 7 heteroatoms. The highest BCUT2D eigenvalue weighted by Crippen LogP contribution is 2.17. The maximum atomic E-state index is 8.40. The Hall–Kier alpha value is -0.0862. The minimum Gasteiger partial charge on any atom is -0.377 e. The fourth-order valence-corrected chi connectivity index (χ4v) is 3.47. The molecule has 0 unspecified atom stereocenters. The Labute approximate surface area is 114 Å². The predicted octanol–water partition coefficient (Wildman–Crippen LogP) is 2.61. The zero-order valence-electron chi connectivity index (χ0n) is 12.0. The van der Waals surface area contributed by atoms with E-state index in [0.717, 1.165) is 12.5 Å². The molecule has 0 aromatic rings. The van der Waals surface area contributed by atoms with Gasteiger partial charge < -0.3 is 13.3 Å². The summed E-state index contributed by atoms with van der Waals surface area (Å²) in [5.74, 6) is 0. The van der Waals surface area contributed by atoms with Gasteiger partial charge >= 0.3 is 18.1 Å². The molecule has 0 aromatic carbocycles. The molecule has 0 bridgehead atoms. The Morgan fingerprint density at radius 3 is 1.61 bits per heavy atom. The van der Waals surface area contributed by atoms with Crippen molar-refractivity contribution < 1.29 is 22.2 Å². The average molecular weight is 294 g/mol. The molecular weight excluding hydrogens is 268 g/mol. The van der Waals surface area contributed by atoms with Gasteiger partial charge in [0, 0.05) is 27.4 Å². The van der Waals surface area contributed by atoms with Gasteiger partial charge in [0.15, 0.2) is 0 Å². The molecule has 0 saturated heterocycles. The zero-order valence-corrected chi connectivity index (χ0v) is 14.0. The molecule has 0 rings (SSSR count). The molecule has 0 heterocycles. The summed E-state index contributed by atoms with van der Waals surface area (Å²) in [4.78, 5) is 0. The quantitative estimate of drug-likeness (QED) is 0.458. The summed E-state index contributed by atoms with van der Waals surface area (Å²) < 4.78 is 32.9. The van der Waals surface area contributed by atoms with Crippen LogP contribution in [0.4, 0.5) is 0 Å². The standard InChI is InChI=1S/C11H26O3Si.O2Si/c1-5-6-7-8-9-10-11-15(12-2,13-3)14-4;1-3-2/h5-11H2,1-4H3;. The Morgan fingerprint density at radius 1 is 0.833 bits per heavy atom. The van der Waals surface area contributed by atoms with E-state index < -0.39 is 18.1 Å². The number of rotatable bonds is 10. The Balaban J connectivity index is 0. The van der Waals surface area contributed by atoms with Crippen LogP contribution in [0.3, 0.4) is 0 Å². The minimum atomic E-state index is -2.29. The van der Waals surface area contributed by atoms with Gasteiger partial charge in [0.05, 0.1) is 0 Å². The lowest BCUT2D eigenvalue weighted by atomic mass is 10.1. The van der Waals surface area contributed by atoms with E-state index in [1.165, 1.54) is 32.1 Å². The first-order valence-electron chi connectivity index (χ1n) is 6.31. The number of hydrogen-bond acceptors (Lipinski definition) is 5. The Morgan fingerprint density at radius 2 is 1.22 bits per heavy atom. The third kappa shape index (κ3) is 11.0. The lowest BCUT2D eigenvalue weighted by Crippen LogP contribution is -2.42. The number of hydrogen-bond donors (Lipinski definition) is 0. The third-order valence-corrected chi connectivity index (χ3v) is 5.60. The zero-order chi connectivity index (χ0) is 14.3. The SMILES string of the molecule is CCCCCCCC[Si](OC)(OC)OC.O=[Si]=O. The van der Waals surface area contributed by atoms with Gasteiger partial charge in [0.25, 0.3) is 0 Å². The van der Waals surface area contributed by atoms with Gasteiger partial charge in [0.1, 0.15) is 0 Å². The summed E-state index contributed by atoms with van der Waals surface area (Å²) in [5, 5.41) is 0. The van der Waals surface area contributed by atoms with Crippen molar-refractivity contribution in [1.82, 2.24) is 0 Å². The van der Waals surface area contributed by atoms with Crippen LogP contribution in [-0.4, -0.2) is 39.4 Å². The second kappa shape index (κ2) is 15.0. The monoisotopic (exact) mass is 294 g/mol. The predicted molar refractivity (Wildman–Crippen MR) is 72.1 cm³/mol. The fourth-order valence-electron chi connectivity index (χ4n) is 1.68. The molecule has 0 atom stereocenters. The highest BCUT2D eigenvalue weighted by molar-refractivity contribution is 6.60. The molecule has 5 nitrogen and oxygen atoms in total. The largest absolute Gasteiger partial charge is 0.549 e. The van der Waals surface area contributed by atoms with Crippen LogP contribution in [0.2, 0.25) is 6.04 Å². The van der Waals surface area contributed by atoms with Crippen LogP contribution in [0.25, 0.3) is 0 Å². The van der Waals surface area contributed by atoms with Crippen LogP contribution >= 0.6 is 0 Å². The molecule has 0 aromatic heterocycles. The molecule has 0 saturated carbocycles. The van der Waals surface area contributed by atoms with Crippen molar-refractivity contribution in [3.8, 4) is 0 Å². The summed E-state index contributed by atoms with van der Waals surface area (Å²) in [5.41, 5.74) is 0. The van der Waals surface area contributed by atoms with Crippen LogP contribution in [0.1, 0.15) is 45.4 Å². The molecule has 0 aliphatic rings. The van der Waals surface area contributed by atoms with Crippen molar-refractivity contribution in [3.63, 3.8) is 0 Å². The van der Waals surface area contributed by atoms with Crippen LogP contribution < -0.4 is 0 Å². The van der Waals surface area contributed by atoms with Gasteiger partial charge in [-0.25, -0.2) is 0 Å². The lowest BCUT2D eigenvalue weighted by Gasteiger charge is -2.24. The fraction of sp³-hybridized carbons (Fsp3) is 1.00. The van der Waals surface area contributed by atoms with Crippen molar-refractivity contribution in [3.05, 3.63) is 0 Å². The van der Waals surface area contributed by atoms with E-state index in [1.807, 2.05) is 0 Å². The van der Waals surface area contributed by atoms with Gasteiger partial charge in [-0.1, -0.05) is 39.0 Å². The highest BCUT2D eigenvalue weighted by atomic mass is 28.4. The molecule has 0 spiro atoms. The molecule has 0 radical (unpaired) electrons. The maximum absolute atomic E-state index is 8.40. The van der Waals surface area contributed by atoms with Crippen molar-refractivity contribution in [2.45, 2.75) is 51.5 Å². The molecular formula is C11H26O5Si2. The molecule has 18 heavy (non-hydrogen) atoms. The minimum absolute atomic E-state index is 0.933. The van der Waals surface area contributed by atoms with Gasteiger partial charge in [-0.3, -0.25) is 8.92 Å². The van der Waals surface area contributed by atoms with Crippen LogP contribution in [-0.2, 0) is 22.2 Å². The van der Waals surface area contributed by atoms with E-state index in [9.17, 15) is 0 Å². The lowest BCUT2D eigenvalue weighted by molar-refractivity contribution is 0.122. The van der Waals surface area contributed by atoms with Crippen molar-refractivity contribution >= 4 is 18.1 Å². The summed E-state index contributed by atoms with van der Waals surface area (Å²) in [6, 6.07) is 0.933. The second-order valence-electron chi connectivity index (χ2n) is 3.90. The summed E-state index contributed by atoms with van der Waals surface area (Å²) in [6.07, 6.45) is 7.71. The first kappa shape index (κ1) is 20.2. The van der Waals surface area contributed by atoms with Crippen molar-refractivity contribution in [1.29, 1.82) is 0 Å². The first-order chi connectivity index (χ1) is 8.66. The van der Waals surface area contributed by atoms with E-state index in [0.29, 0.717) is 0 Å². The van der Waals surface area contributed by atoms with Crippen molar-refractivity contribution in [2.24, 2.45) is 0 Å². The molecule has 0 aliphatic heterocycles. The van der Waals surface area contributed by atoms with E-state index in [4.69, 9.17) is 22.2 Å². The molecule has 108 valence electrons. The third-order valence-electron chi connectivity index (χ3n) is 2.77. The average Bonchev–Trinajstić information content (AvgIpc) is 2.40. The van der Waals surface area contributed by atoms with E-state index in [2.05, 4.69) is 6.92 Å².